The Morgan fingerprint density at radius 3 is 2.56 bits per heavy atom. The molecule has 0 saturated carbocycles. The van der Waals surface area contributed by atoms with Crippen LogP contribution in [0.25, 0.3) is 6.08 Å². The molecule has 0 spiro atoms. The predicted octanol–water partition coefficient (Wildman–Crippen LogP) is 3.91. The number of allylic oxidation sites excluding steroid dienone is 1. The number of rotatable bonds is 6. The average Bonchev–Trinajstić information content (AvgIpc) is 2.37. The van der Waals surface area contributed by atoms with Crippen LogP contribution < -0.4 is 0 Å². The minimum atomic E-state index is -0.236. The minimum absolute atomic E-state index is 0.236. The number of aryl methyl sites for hydroxylation is 1. The van der Waals surface area contributed by atoms with Gasteiger partial charge in [0.2, 0.25) is 0 Å². The van der Waals surface area contributed by atoms with Gasteiger partial charge in [-0.1, -0.05) is 35.9 Å². The molecule has 0 heterocycles. The molecule has 0 aliphatic heterocycles. The van der Waals surface area contributed by atoms with Crippen LogP contribution in [0.4, 0.5) is 0 Å². The van der Waals surface area contributed by atoms with Crippen molar-refractivity contribution in [3.8, 4) is 0 Å². The Labute approximate surface area is 109 Å². The standard InChI is InChI=1S/C16H20O2/c1-4-6-7-15(16(17)18-5-2)12-14-10-8-13(3)9-11-14/h4,8-12H,1,5-7H2,2-3H3/b15-12+. The molecule has 0 saturated heterocycles. The SMILES string of the molecule is C=CCC/C(=C\c1ccc(C)cc1)C(=O)OCC. The maximum atomic E-state index is 11.8. The van der Waals surface area contributed by atoms with Crippen LogP contribution in [-0.4, -0.2) is 12.6 Å². The summed E-state index contributed by atoms with van der Waals surface area (Å²) in [5.41, 5.74) is 2.92. The van der Waals surface area contributed by atoms with Crippen molar-refractivity contribution >= 4 is 12.0 Å². The average molecular weight is 244 g/mol. The summed E-state index contributed by atoms with van der Waals surface area (Å²) in [5, 5.41) is 0. The lowest BCUT2D eigenvalue weighted by Crippen LogP contribution is -2.07. The minimum Gasteiger partial charge on any atom is -0.463 e. The first kappa shape index (κ1) is 14.2. The van der Waals surface area contributed by atoms with Crippen molar-refractivity contribution in [1.82, 2.24) is 0 Å². The molecular weight excluding hydrogens is 224 g/mol. The first-order valence-corrected chi connectivity index (χ1v) is 6.22. The van der Waals surface area contributed by atoms with E-state index in [0.717, 1.165) is 12.0 Å². The number of hydrogen-bond acceptors (Lipinski definition) is 2. The number of carbonyl (C=O) groups excluding carboxylic acids is 1. The number of carbonyl (C=O) groups is 1. The number of ether oxygens (including phenoxy) is 1. The third-order valence-electron chi connectivity index (χ3n) is 2.57. The summed E-state index contributed by atoms with van der Waals surface area (Å²) in [4.78, 5) is 11.8. The highest BCUT2D eigenvalue weighted by atomic mass is 16.5. The Morgan fingerprint density at radius 1 is 1.33 bits per heavy atom. The maximum absolute atomic E-state index is 11.8. The van der Waals surface area contributed by atoms with Crippen LogP contribution in [0.2, 0.25) is 0 Å². The molecule has 0 fully saturated rings. The Balaban J connectivity index is 2.89. The molecule has 0 atom stereocenters. The van der Waals surface area contributed by atoms with Gasteiger partial charge in [-0.2, -0.15) is 0 Å². The second-order valence-corrected chi connectivity index (χ2v) is 4.13. The van der Waals surface area contributed by atoms with Crippen LogP contribution in [-0.2, 0) is 9.53 Å². The van der Waals surface area contributed by atoms with Gasteiger partial charge in [0, 0.05) is 5.57 Å². The quantitative estimate of drug-likeness (QED) is 0.431. The molecule has 2 nitrogen and oxygen atoms in total. The van der Waals surface area contributed by atoms with E-state index >= 15 is 0 Å². The van der Waals surface area contributed by atoms with E-state index in [9.17, 15) is 4.79 Å². The van der Waals surface area contributed by atoms with Crippen molar-refractivity contribution in [3.63, 3.8) is 0 Å². The van der Waals surface area contributed by atoms with E-state index in [2.05, 4.69) is 6.58 Å². The molecule has 2 heteroatoms. The lowest BCUT2D eigenvalue weighted by atomic mass is 10.1. The summed E-state index contributed by atoms with van der Waals surface area (Å²) >= 11 is 0. The fraction of sp³-hybridized carbons (Fsp3) is 0.312. The van der Waals surface area contributed by atoms with E-state index in [0.29, 0.717) is 18.6 Å². The summed E-state index contributed by atoms with van der Waals surface area (Å²) in [6.45, 7) is 7.93. The summed E-state index contributed by atoms with van der Waals surface area (Å²) < 4.78 is 5.06. The molecule has 96 valence electrons. The summed E-state index contributed by atoms with van der Waals surface area (Å²) in [6, 6.07) is 8.06. The zero-order valence-electron chi connectivity index (χ0n) is 11.1. The molecule has 18 heavy (non-hydrogen) atoms. The molecule has 0 bridgehead atoms. The molecule has 0 aliphatic carbocycles. The topological polar surface area (TPSA) is 26.3 Å². The molecular formula is C16H20O2. The number of hydrogen-bond donors (Lipinski definition) is 0. The van der Waals surface area contributed by atoms with Crippen LogP contribution in [0.5, 0.6) is 0 Å². The van der Waals surface area contributed by atoms with E-state index in [1.54, 1.807) is 0 Å². The third kappa shape index (κ3) is 4.58. The highest BCUT2D eigenvalue weighted by Gasteiger charge is 2.09. The largest absolute Gasteiger partial charge is 0.463 e. The Hall–Kier alpha value is -1.83. The van der Waals surface area contributed by atoms with E-state index in [-0.39, 0.29) is 5.97 Å². The van der Waals surface area contributed by atoms with Crippen LogP contribution >= 0.6 is 0 Å². The van der Waals surface area contributed by atoms with Crippen molar-refractivity contribution < 1.29 is 9.53 Å². The van der Waals surface area contributed by atoms with E-state index < -0.39 is 0 Å². The lowest BCUT2D eigenvalue weighted by molar-refractivity contribution is -0.138. The molecule has 0 N–H and O–H groups in total. The Kier molecular flexibility index (Phi) is 5.92. The smallest absolute Gasteiger partial charge is 0.334 e. The fourth-order valence-electron chi connectivity index (χ4n) is 1.58. The van der Waals surface area contributed by atoms with Gasteiger partial charge in [0.1, 0.15) is 0 Å². The zero-order chi connectivity index (χ0) is 13.4. The molecule has 0 aromatic heterocycles. The zero-order valence-corrected chi connectivity index (χ0v) is 11.1. The van der Waals surface area contributed by atoms with Gasteiger partial charge in [-0.15, -0.1) is 6.58 Å². The molecule has 0 aliphatic rings. The fourth-order valence-corrected chi connectivity index (χ4v) is 1.58. The molecule has 0 unspecified atom stereocenters. The van der Waals surface area contributed by atoms with Gasteiger partial charge in [0.25, 0.3) is 0 Å². The van der Waals surface area contributed by atoms with Gasteiger partial charge in [-0.25, -0.2) is 4.79 Å². The van der Waals surface area contributed by atoms with Crippen molar-refractivity contribution in [2.45, 2.75) is 26.7 Å². The van der Waals surface area contributed by atoms with Crippen LogP contribution in [0.15, 0.2) is 42.5 Å². The number of benzene rings is 1. The van der Waals surface area contributed by atoms with Crippen molar-refractivity contribution in [1.29, 1.82) is 0 Å². The summed E-state index contributed by atoms with van der Waals surface area (Å²) in [5.74, 6) is -0.236. The van der Waals surface area contributed by atoms with Crippen LogP contribution in [0.1, 0.15) is 30.9 Å². The molecule has 0 amide bonds. The Morgan fingerprint density at radius 2 is 2.00 bits per heavy atom. The second kappa shape index (κ2) is 7.49. The van der Waals surface area contributed by atoms with Crippen molar-refractivity contribution in [2.75, 3.05) is 6.61 Å². The van der Waals surface area contributed by atoms with Gasteiger partial charge >= 0.3 is 5.97 Å². The van der Waals surface area contributed by atoms with Crippen LogP contribution in [0, 0.1) is 6.92 Å². The first-order chi connectivity index (χ1) is 8.67. The highest BCUT2D eigenvalue weighted by Crippen LogP contribution is 2.14. The molecule has 1 aromatic carbocycles. The van der Waals surface area contributed by atoms with Gasteiger partial charge in [0.15, 0.2) is 0 Å². The normalized spacial score (nSPS) is 11.1. The maximum Gasteiger partial charge on any atom is 0.334 e. The van der Waals surface area contributed by atoms with E-state index in [1.165, 1.54) is 5.56 Å². The van der Waals surface area contributed by atoms with E-state index in [1.807, 2.05) is 50.3 Å². The number of esters is 1. The van der Waals surface area contributed by atoms with Gasteiger partial charge in [-0.05, 0) is 38.3 Å². The first-order valence-electron chi connectivity index (χ1n) is 6.22. The Bertz CT molecular complexity index is 427. The summed E-state index contributed by atoms with van der Waals surface area (Å²) in [7, 11) is 0. The van der Waals surface area contributed by atoms with Gasteiger partial charge < -0.3 is 4.74 Å². The van der Waals surface area contributed by atoms with Crippen LogP contribution in [0.3, 0.4) is 0 Å². The molecule has 1 rings (SSSR count). The van der Waals surface area contributed by atoms with Crippen molar-refractivity contribution in [3.05, 3.63) is 53.6 Å². The van der Waals surface area contributed by atoms with Gasteiger partial charge in [-0.3, -0.25) is 0 Å². The highest BCUT2D eigenvalue weighted by molar-refractivity contribution is 5.93. The van der Waals surface area contributed by atoms with Gasteiger partial charge in [0.05, 0.1) is 6.61 Å². The second-order valence-electron chi connectivity index (χ2n) is 4.13. The van der Waals surface area contributed by atoms with Crippen molar-refractivity contribution in [2.24, 2.45) is 0 Å². The third-order valence-corrected chi connectivity index (χ3v) is 2.57. The summed E-state index contributed by atoms with van der Waals surface area (Å²) in [6.07, 6.45) is 5.13. The lowest BCUT2D eigenvalue weighted by Gasteiger charge is -2.06. The molecule has 1 aromatic rings. The van der Waals surface area contributed by atoms with E-state index in [4.69, 9.17) is 4.74 Å². The predicted molar refractivity (Wildman–Crippen MR) is 75.2 cm³/mol. The monoisotopic (exact) mass is 244 g/mol. The molecule has 0 radical (unpaired) electrons.